The molecule has 9 nitrogen and oxygen atoms in total. The number of piperidine rings is 1. The van der Waals surface area contributed by atoms with Crippen LogP contribution in [-0.4, -0.2) is 56.7 Å². The molecule has 1 atom stereocenters. The monoisotopic (exact) mass is 504 g/mol. The van der Waals surface area contributed by atoms with E-state index in [0.717, 1.165) is 36.2 Å². The van der Waals surface area contributed by atoms with Gasteiger partial charge < -0.3 is 15.1 Å². The van der Waals surface area contributed by atoms with E-state index in [1.807, 2.05) is 34.8 Å². The molecule has 3 heterocycles. The van der Waals surface area contributed by atoms with Crippen molar-refractivity contribution in [1.82, 2.24) is 24.6 Å². The van der Waals surface area contributed by atoms with E-state index in [4.69, 9.17) is 5.26 Å². The number of hydrogen-bond acceptors (Lipinski definition) is 7. The summed E-state index contributed by atoms with van der Waals surface area (Å²) in [5, 5.41) is 16.3. The molecule has 0 bridgehead atoms. The van der Waals surface area contributed by atoms with Gasteiger partial charge in [0.1, 0.15) is 5.82 Å². The van der Waals surface area contributed by atoms with Gasteiger partial charge in [-0.2, -0.15) is 10.4 Å². The lowest BCUT2D eigenvalue weighted by atomic mass is 10.0. The normalized spacial score (nSPS) is 15.5. The lowest BCUT2D eigenvalue weighted by Crippen LogP contribution is -2.48. The highest BCUT2D eigenvalue weighted by Gasteiger charge is 2.27. The van der Waals surface area contributed by atoms with Gasteiger partial charge in [-0.25, -0.2) is 14.4 Å². The molecule has 1 N–H and O–H groups in total. The summed E-state index contributed by atoms with van der Waals surface area (Å²) < 4.78 is 17.1. The number of nitriles is 1. The number of carbonyl (C=O) groups excluding carboxylic acids is 1. The third-order valence-corrected chi connectivity index (χ3v) is 6.71. The van der Waals surface area contributed by atoms with Gasteiger partial charge in [-0.15, -0.1) is 0 Å². The molecule has 3 aromatic rings. The van der Waals surface area contributed by atoms with Crippen LogP contribution in [0.2, 0.25) is 0 Å². The van der Waals surface area contributed by atoms with Gasteiger partial charge in [0.05, 0.1) is 23.6 Å². The minimum atomic E-state index is -0.352. The van der Waals surface area contributed by atoms with E-state index in [9.17, 15) is 4.79 Å². The molecule has 0 radical (unpaired) electrons. The van der Waals surface area contributed by atoms with Crippen molar-refractivity contribution in [3.05, 3.63) is 48.2 Å². The third kappa shape index (κ3) is 6.05. The SMILES string of the molecule is Cc1cnc(Nc2ccc(N3CCC[C@H](N(C)C(=O)CCC#N)C3)c(F)c2)nc1-c1cnn(C(C)C)c1. The van der Waals surface area contributed by atoms with Gasteiger partial charge in [-0.3, -0.25) is 9.48 Å². The number of rotatable bonds is 8. The van der Waals surface area contributed by atoms with Crippen molar-refractivity contribution in [3.63, 3.8) is 0 Å². The second kappa shape index (κ2) is 11.4. The minimum Gasteiger partial charge on any atom is -0.367 e. The van der Waals surface area contributed by atoms with Crippen LogP contribution < -0.4 is 10.2 Å². The first-order valence-electron chi connectivity index (χ1n) is 12.6. The smallest absolute Gasteiger partial charge is 0.227 e. The first kappa shape index (κ1) is 26.1. The van der Waals surface area contributed by atoms with Crippen LogP contribution in [0.5, 0.6) is 0 Å². The molecule has 1 aliphatic rings. The Morgan fingerprint density at radius 3 is 2.86 bits per heavy atom. The number of nitrogens with one attached hydrogen (secondary N) is 1. The van der Waals surface area contributed by atoms with E-state index in [1.165, 1.54) is 6.07 Å². The maximum absolute atomic E-state index is 15.2. The summed E-state index contributed by atoms with van der Waals surface area (Å²) in [5.74, 6) is -0.0299. The Balaban J connectivity index is 1.47. The number of aryl methyl sites for hydroxylation is 1. The summed E-state index contributed by atoms with van der Waals surface area (Å²) in [7, 11) is 1.76. The van der Waals surface area contributed by atoms with E-state index in [2.05, 4.69) is 34.2 Å². The lowest BCUT2D eigenvalue weighted by Gasteiger charge is -2.39. The van der Waals surface area contributed by atoms with Crippen LogP contribution in [0.4, 0.5) is 21.7 Å². The fourth-order valence-corrected chi connectivity index (χ4v) is 4.54. The predicted molar refractivity (Wildman–Crippen MR) is 141 cm³/mol. The maximum Gasteiger partial charge on any atom is 0.227 e. The Morgan fingerprint density at radius 1 is 1.35 bits per heavy atom. The van der Waals surface area contributed by atoms with E-state index < -0.39 is 0 Å². The van der Waals surface area contributed by atoms with Crippen LogP contribution in [0.1, 0.15) is 51.1 Å². The predicted octanol–water partition coefficient (Wildman–Crippen LogP) is 4.84. The Kier molecular flexibility index (Phi) is 8.01. The van der Waals surface area contributed by atoms with Crippen LogP contribution in [0.3, 0.4) is 0 Å². The zero-order valence-corrected chi connectivity index (χ0v) is 21.8. The molecule has 1 aliphatic heterocycles. The van der Waals surface area contributed by atoms with Gasteiger partial charge in [-0.1, -0.05) is 0 Å². The number of hydrogen-bond donors (Lipinski definition) is 1. The molecule has 0 aliphatic carbocycles. The van der Waals surface area contributed by atoms with Crippen LogP contribution in [0.15, 0.2) is 36.8 Å². The number of benzene rings is 1. The summed E-state index contributed by atoms with van der Waals surface area (Å²) in [6.45, 7) is 7.34. The third-order valence-electron chi connectivity index (χ3n) is 6.71. The van der Waals surface area contributed by atoms with Gasteiger partial charge >= 0.3 is 0 Å². The van der Waals surface area contributed by atoms with Crippen molar-refractivity contribution < 1.29 is 9.18 Å². The van der Waals surface area contributed by atoms with Crippen molar-refractivity contribution in [2.24, 2.45) is 0 Å². The summed E-state index contributed by atoms with van der Waals surface area (Å²) in [5.41, 5.74) is 3.64. The number of amides is 1. The van der Waals surface area contributed by atoms with Gasteiger partial charge in [0, 0.05) is 68.7 Å². The second-order valence-corrected chi connectivity index (χ2v) is 9.72. The highest BCUT2D eigenvalue weighted by atomic mass is 19.1. The lowest BCUT2D eigenvalue weighted by molar-refractivity contribution is -0.132. The van der Waals surface area contributed by atoms with Gasteiger partial charge in [0.2, 0.25) is 11.9 Å². The van der Waals surface area contributed by atoms with Gasteiger partial charge in [-0.05, 0) is 57.4 Å². The number of nitrogens with zero attached hydrogens (tertiary/aromatic N) is 7. The van der Waals surface area contributed by atoms with E-state index in [0.29, 0.717) is 23.9 Å². The number of carbonyl (C=O) groups is 1. The summed E-state index contributed by atoms with van der Waals surface area (Å²) in [6.07, 6.45) is 7.61. The average Bonchev–Trinajstić information content (AvgIpc) is 3.39. The first-order valence-corrected chi connectivity index (χ1v) is 12.6. The van der Waals surface area contributed by atoms with Crippen molar-refractivity contribution in [3.8, 4) is 17.3 Å². The number of likely N-dealkylation sites (N-methyl/N-ethyl adjacent to an activating group) is 1. The molecule has 1 fully saturated rings. The van der Waals surface area contributed by atoms with Crippen LogP contribution >= 0.6 is 0 Å². The highest BCUT2D eigenvalue weighted by molar-refractivity contribution is 5.76. The summed E-state index contributed by atoms with van der Waals surface area (Å²) in [4.78, 5) is 25.1. The molecular weight excluding hydrogens is 471 g/mol. The Morgan fingerprint density at radius 2 is 2.16 bits per heavy atom. The quantitative estimate of drug-likeness (QED) is 0.468. The standard InChI is InChI=1S/C27H33FN8O/c1-18(2)36-16-20(15-31-36)26-19(3)14-30-27(33-26)32-21-9-10-24(23(28)13-21)35-12-6-7-22(17-35)34(4)25(37)8-5-11-29/h9-10,13-16,18,22H,5-8,12,17H2,1-4H3,(H,30,32,33)/t22-/m0/s1. The minimum absolute atomic E-state index is 0.0171. The van der Waals surface area contributed by atoms with Gasteiger partial charge in [0.15, 0.2) is 0 Å². The van der Waals surface area contributed by atoms with Gasteiger partial charge in [0.25, 0.3) is 0 Å². The average molecular weight is 505 g/mol. The van der Waals surface area contributed by atoms with Crippen molar-refractivity contribution >= 4 is 23.2 Å². The maximum atomic E-state index is 15.2. The molecule has 2 aromatic heterocycles. The number of anilines is 3. The fraction of sp³-hybridized carbons (Fsp3) is 0.444. The molecule has 37 heavy (non-hydrogen) atoms. The van der Waals surface area contributed by atoms with Crippen molar-refractivity contribution in [1.29, 1.82) is 5.26 Å². The van der Waals surface area contributed by atoms with E-state index >= 15 is 4.39 Å². The molecule has 1 saturated heterocycles. The van der Waals surface area contributed by atoms with Crippen LogP contribution in [0.25, 0.3) is 11.3 Å². The molecule has 0 saturated carbocycles. The zero-order valence-electron chi connectivity index (χ0n) is 21.8. The zero-order chi connectivity index (χ0) is 26.5. The Hall–Kier alpha value is -4.00. The first-order chi connectivity index (χ1) is 17.8. The second-order valence-electron chi connectivity index (χ2n) is 9.72. The molecule has 194 valence electrons. The molecule has 0 unspecified atom stereocenters. The number of halogens is 1. The van der Waals surface area contributed by atoms with Crippen molar-refractivity contribution in [2.45, 2.75) is 58.5 Å². The molecule has 4 rings (SSSR count). The summed E-state index contributed by atoms with van der Waals surface area (Å²) >= 11 is 0. The molecule has 0 spiro atoms. The van der Waals surface area contributed by atoms with Crippen molar-refractivity contribution in [2.75, 3.05) is 30.4 Å². The fourth-order valence-electron chi connectivity index (χ4n) is 4.54. The Labute approximate surface area is 216 Å². The molecular formula is C27H33FN8O. The van der Waals surface area contributed by atoms with E-state index in [1.54, 1.807) is 30.4 Å². The molecule has 1 amide bonds. The molecule has 1 aromatic carbocycles. The highest BCUT2D eigenvalue weighted by Crippen LogP contribution is 2.29. The van der Waals surface area contributed by atoms with Crippen LogP contribution in [-0.2, 0) is 4.79 Å². The Bertz CT molecular complexity index is 1300. The van der Waals surface area contributed by atoms with E-state index in [-0.39, 0.29) is 36.6 Å². The molecule has 10 heteroatoms. The van der Waals surface area contributed by atoms with Crippen LogP contribution in [0, 0.1) is 24.1 Å². The number of aromatic nitrogens is 4. The largest absolute Gasteiger partial charge is 0.367 e. The topological polar surface area (TPSA) is 103 Å². The summed E-state index contributed by atoms with van der Waals surface area (Å²) in [6, 6.07) is 7.25.